The molecule has 6 nitrogen and oxygen atoms in total. The van der Waals surface area contributed by atoms with Gasteiger partial charge < -0.3 is 14.6 Å². The minimum atomic E-state index is -0.182. The van der Waals surface area contributed by atoms with Crippen molar-refractivity contribution in [2.24, 2.45) is 0 Å². The number of carbonyl (C=O) groups is 1. The first kappa shape index (κ1) is 16.4. The van der Waals surface area contributed by atoms with E-state index in [2.05, 4.69) is 22.1 Å². The molecule has 1 aromatic heterocycles. The van der Waals surface area contributed by atoms with Crippen molar-refractivity contribution in [3.05, 3.63) is 42.2 Å². The van der Waals surface area contributed by atoms with Gasteiger partial charge in [0.1, 0.15) is 12.1 Å². The van der Waals surface area contributed by atoms with Crippen LogP contribution in [0.5, 0.6) is 5.75 Å². The van der Waals surface area contributed by atoms with Crippen LogP contribution in [-0.4, -0.2) is 33.5 Å². The summed E-state index contributed by atoms with van der Waals surface area (Å²) in [4.78, 5) is 12.0. The van der Waals surface area contributed by atoms with E-state index in [0.717, 1.165) is 0 Å². The van der Waals surface area contributed by atoms with Crippen molar-refractivity contribution in [2.45, 2.75) is 11.7 Å². The first-order chi connectivity index (χ1) is 10.6. The molecule has 2 aromatic rings. The second-order valence-electron chi connectivity index (χ2n) is 4.24. The molecule has 8 heteroatoms. The summed E-state index contributed by atoms with van der Waals surface area (Å²) in [5, 5.41) is 11.7. The topological polar surface area (TPSA) is 69.0 Å². The van der Waals surface area contributed by atoms with Crippen molar-refractivity contribution in [3.63, 3.8) is 0 Å². The largest absolute Gasteiger partial charge is 0.495 e. The number of allylic oxidation sites excluding steroid dienone is 1. The Bertz CT molecular complexity index is 675. The zero-order chi connectivity index (χ0) is 15.9. The van der Waals surface area contributed by atoms with Gasteiger partial charge in [-0.15, -0.1) is 16.8 Å². The van der Waals surface area contributed by atoms with Crippen molar-refractivity contribution < 1.29 is 9.53 Å². The molecule has 1 N–H and O–H groups in total. The average molecular weight is 339 g/mol. The van der Waals surface area contributed by atoms with E-state index >= 15 is 0 Å². The van der Waals surface area contributed by atoms with E-state index in [1.165, 1.54) is 18.9 Å². The lowest BCUT2D eigenvalue weighted by Crippen LogP contribution is -2.15. The van der Waals surface area contributed by atoms with Crippen LogP contribution in [0.1, 0.15) is 0 Å². The van der Waals surface area contributed by atoms with Crippen molar-refractivity contribution >= 4 is 35.0 Å². The maximum Gasteiger partial charge on any atom is 0.234 e. The summed E-state index contributed by atoms with van der Waals surface area (Å²) < 4.78 is 7.00. The van der Waals surface area contributed by atoms with Gasteiger partial charge in [-0.2, -0.15) is 0 Å². The summed E-state index contributed by atoms with van der Waals surface area (Å²) in [6.45, 7) is 4.26. The van der Waals surface area contributed by atoms with Gasteiger partial charge in [-0.25, -0.2) is 0 Å². The number of hydrogen-bond donors (Lipinski definition) is 1. The summed E-state index contributed by atoms with van der Waals surface area (Å²) in [6.07, 6.45) is 3.34. The van der Waals surface area contributed by atoms with Crippen molar-refractivity contribution in [2.75, 3.05) is 18.2 Å². The van der Waals surface area contributed by atoms with E-state index in [4.69, 9.17) is 16.3 Å². The SMILES string of the molecule is C=CCn1cnnc1SCC(=O)Nc1cc(Cl)ccc1OC. The van der Waals surface area contributed by atoms with E-state index in [9.17, 15) is 4.79 Å². The summed E-state index contributed by atoms with van der Waals surface area (Å²) in [5.74, 6) is 0.571. The van der Waals surface area contributed by atoms with Crippen LogP contribution in [0.2, 0.25) is 5.02 Å². The molecule has 116 valence electrons. The molecule has 0 radical (unpaired) electrons. The number of nitrogens with zero attached hydrogens (tertiary/aromatic N) is 3. The number of ether oxygens (including phenoxy) is 1. The highest BCUT2D eigenvalue weighted by Gasteiger charge is 2.11. The number of thioether (sulfide) groups is 1. The van der Waals surface area contributed by atoms with Gasteiger partial charge in [-0.3, -0.25) is 4.79 Å². The summed E-state index contributed by atoms with van der Waals surface area (Å²) in [7, 11) is 1.53. The van der Waals surface area contributed by atoms with Crippen molar-refractivity contribution in [1.82, 2.24) is 14.8 Å². The number of hydrogen-bond acceptors (Lipinski definition) is 5. The fourth-order valence-corrected chi connectivity index (χ4v) is 2.61. The molecular formula is C14H15ClN4O2S. The number of rotatable bonds is 7. The Labute approximate surface area is 137 Å². The molecule has 0 fully saturated rings. The molecule has 0 saturated heterocycles. The van der Waals surface area contributed by atoms with Gasteiger partial charge in [0.15, 0.2) is 5.16 Å². The Hall–Kier alpha value is -1.99. The Balaban J connectivity index is 1.97. The molecular weight excluding hydrogens is 324 g/mol. The fraction of sp³-hybridized carbons (Fsp3) is 0.214. The third-order valence-electron chi connectivity index (χ3n) is 2.67. The zero-order valence-electron chi connectivity index (χ0n) is 12.0. The maximum atomic E-state index is 12.0. The normalized spacial score (nSPS) is 10.3. The predicted molar refractivity (Wildman–Crippen MR) is 87.6 cm³/mol. The van der Waals surface area contributed by atoms with Gasteiger partial charge >= 0.3 is 0 Å². The molecule has 1 heterocycles. The van der Waals surface area contributed by atoms with E-state index in [1.807, 2.05) is 4.57 Å². The number of methoxy groups -OCH3 is 1. The number of halogens is 1. The van der Waals surface area contributed by atoms with Crippen molar-refractivity contribution in [1.29, 1.82) is 0 Å². The quantitative estimate of drug-likeness (QED) is 0.621. The Morgan fingerprint density at radius 2 is 2.41 bits per heavy atom. The van der Waals surface area contributed by atoms with Gasteiger partial charge in [0.25, 0.3) is 0 Å². The van der Waals surface area contributed by atoms with E-state index in [-0.39, 0.29) is 11.7 Å². The molecule has 22 heavy (non-hydrogen) atoms. The molecule has 0 aliphatic heterocycles. The van der Waals surface area contributed by atoms with Crippen molar-refractivity contribution in [3.8, 4) is 5.75 Å². The van der Waals surface area contributed by atoms with Crippen LogP contribution in [0.4, 0.5) is 5.69 Å². The minimum absolute atomic E-state index is 0.182. The third kappa shape index (κ3) is 4.25. The molecule has 0 bridgehead atoms. The number of benzene rings is 1. The lowest BCUT2D eigenvalue weighted by atomic mass is 10.3. The Morgan fingerprint density at radius 1 is 1.59 bits per heavy atom. The Morgan fingerprint density at radius 3 is 3.14 bits per heavy atom. The number of aromatic nitrogens is 3. The number of amides is 1. The number of nitrogens with one attached hydrogen (secondary N) is 1. The van der Waals surface area contributed by atoms with Gasteiger partial charge in [0.05, 0.1) is 18.6 Å². The molecule has 0 saturated carbocycles. The molecule has 0 aliphatic rings. The van der Waals surface area contributed by atoms with Gasteiger partial charge in [-0.05, 0) is 18.2 Å². The van der Waals surface area contributed by atoms with Gasteiger partial charge in [0, 0.05) is 11.6 Å². The van der Waals surface area contributed by atoms with Crippen LogP contribution in [0.25, 0.3) is 0 Å². The van der Waals surface area contributed by atoms with E-state index in [0.29, 0.717) is 28.2 Å². The lowest BCUT2D eigenvalue weighted by Gasteiger charge is -2.10. The second kappa shape index (κ2) is 7.86. The minimum Gasteiger partial charge on any atom is -0.495 e. The number of carbonyl (C=O) groups excluding carboxylic acids is 1. The van der Waals surface area contributed by atoms with Gasteiger partial charge in [0.2, 0.25) is 5.91 Å². The van der Waals surface area contributed by atoms with Gasteiger partial charge in [-0.1, -0.05) is 29.4 Å². The smallest absolute Gasteiger partial charge is 0.234 e. The van der Waals surface area contributed by atoms with Crippen LogP contribution in [0.15, 0.2) is 42.3 Å². The van der Waals surface area contributed by atoms with Crippen LogP contribution >= 0.6 is 23.4 Å². The highest BCUT2D eigenvalue weighted by Crippen LogP contribution is 2.28. The summed E-state index contributed by atoms with van der Waals surface area (Å²) >= 11 is 7.22. The fourth-order valence-electron chi connectivity index (χ4n) is 1.71. The van der Waals surface area contributed by atoms with Crippen LogP contribution in [0.3, 0.4) is 0 Å². The standard InChI is InChI=1S/C14H15ClN4O2S/c1-3-6-19-9-16-18-14(19)22-8-13(20)17-11-7-10(15)4-5-12(11)21-2/h3-5,7,9H,1,6,8H2,2H3,(H,17,20). The first-order valence-corrected chi connectivity index (χ1v) is 7.75. The molecule has 0 aliphatic carbocycles. The highest BCUT2D eigenvalue weighted by molar-refractivity contribution is 7.99. The average Bonchev–Trinajstić information content (AvgIpc) is 2.93. The molecule has 1 aromatic carbocycles. The highest BCUT2D eigenvalue weighted by atomic mass is 35.5. The summed E-state index contributed by atoms with van der Waals surface area (Å²) in [5.41, 5.74) is 0.535. The first-order valence-electron chi connectivity index (χ1n) is 6.39. The third-order valence-corrected chi connectivity index (χ3v) is 3.89. The molecule has 2 rings (SSSR count). The van der Waals surface area contributed by atoms with Crippen LogP contribution < -0.4 is 10.1 Å². The summed E-state index contributed by atoms with van der Waals surface area (Å²) in [6, 6.07) is 5.04. The molecule has 0 atom stereocenters. The zero-order valence-corrected chi connectivity index (χ0v) is 13.5. The second-order valence-corrected chi connectivity index (χ2v) is 5.61. The lowest BCUT2D eigenvalue weighted by molar-refractivity contribution is -0.113. The maximum absolute atomic E-state index is 12.0. The monoisotopic (exact) mass is 338 g/mol. The van der Waals surface area contributed by atoms with Crippen LogP contribution in [0, 0.1) is 0 Å². The predicted octanol–water partition coefficient (Wildman–Crippen LogP) is 2.86. The van der Waals surface area contributed by atoms with E-state index < -0.39 is 0 Å². The Kier molecular flexibility index (Phi) is 5.85. The number of anilines is 1. The van der Waals surface area contributed by atoms with E-state index in [1.54, 1.807) is 30.6 Å². The molecule has 1 amide bonds. The molecule has 0 unspecified atom stereocenters. The van der Waals surface area contributed by atoms with Crippen LogP contribution in [-0.2, 0) is 11.3 Å². The molecule has 0 spiro atoms.